The molecular weight excluding hydrogens is 260 g/mol. The Morgan fingerprint density at radius 3 is 2.43 bits per heavy atom. The zero-order chi connectivity index (χ0) is 15.5. The quantitative estimate of drug-likeness (QED) is 0.844. The summed E-state index contributed by atoms with van der Waals surface area (Å²) < 4.78 is 0. The molecule has 0 heterocycles. The van der Waals surface area contributed by atoms with Crippen LogP contribution in [0.1, 0.15) is 65.7 Å². The maximum Gasteiger partial charge on any atom is 0.225 e. The number of hydrogen-bond donors (Lipinski definition) is 1. The van der Waals surface area contributed by atoms with Crippen molar-refractivity contribution in [1.82, 2.24) is 4.90 Å². The van der Waals surface area contributed by atoms with Gasteiger partial charge in [-0.25, -0.2) is 0 Å². The fourth-order valence-corrected chi connectivity index (χ4v) is 4.28. The second kappa shape index (κ2) is 7.13. The number of fused-ring (bicyclic) bond motifs is 1. The van der Waals surface area contributed by atoms with E-state index in [1.807, 2.05) is 0 Å². The van der Waals surface area contributed by atoms with Gasteiger partial charge in [-0.1, -0.05) is 39.5 Å². The summed E-state index contributed by atoms with van der Waals surface area (Å²) in [4.78, 5) is 14.9. The zero-order valence-corrected chi connectivity index (χ0v) is 14.2. The second-order valence-corrected chi connectivity index (χ2v) is 8.04. The molecule has 3 unspecified atom stereocenters. The Morgan fingerprint density at radius 2 is 1.81 bits per heavy atom. The third-order valence-corrected chi connectivity index (χ3v) is 5.75. The molecule has 21 heavy (non-hydrogen) atoms. The molecule has 3 heteroatoms. The summed E-state index contributed by atoms with van der Waals surface area (Å²) in [5.74, 6) is 2.40. The van der Waals surface area contributed by atoms with Gasteiger partial charge in [0.25, 0.3) is 0 Å². The average molecular weight is 294 g/mol. The first kappa shape index (κ1) is 16.8. The van der Waals surface area contributed by atoms with E-state index in [9.17, 15) is 4.79 Å². The third-order valence-electron chi connectivity index (χ3n) is 5.75. The minimum Gasteiger partial charge on any atom is -0.342 e. The van der Waals surface area contributed by atoms with Gasteiger partial charge in [-0.3, -0.25) is 4.79 Å². The lowest BCUT2D eigenvalue weighted by Crippen LogP contribution is -2.45. The number of carbonyl (C=O) groups excluding carboxylic acids is 1. The first-order chi connectivity index (χ1) is 9.96. The van der Waals surface area contributed by atoms with Crippen molar-refractivity contribution in [3.8, 4) is 0 Å². The van der Waals surface area contributed by atoms with Crippen LogP contribution < -0.4 is 5.73 Å². The average Bonchev–Trinajstić information content (AvgIpc) is 2.51. The van der Waals surface area contributed by atoms with E-state index in [2.05, 4.69) is 25.7 Å². The van der Waals surface area contributed by atoms with Gasteiger partial charge in [0.1, 0.15) is 0 Å². The predicted molar refractivity (Wildman–Crippen MR) is 87.9 cm³/mol. The summed E-state index contributed by atoms with van der Waals surface area (Å²) in [6, 6.07) is 0. The number of nitrogens with two attached hydrogens (primary N) is 1. The van der Waals surface area contributed by atoms with E-state index in [1.54, 1.807) is 0 Å². The minimum absolute atomic E-state index is 0.0215. The molecule has 2 aliphatic rings. The molecule has 2 rings (SSSR count). The summed E-state index contributed by atoms with van der Waals surface area (Å²) in [5, 5.41) is 0. The largest absolute Gasteiger partial charge is 0.342 e. The van der Waals surface area contributed by atoms with Crippen molar-refractivity contribution in [3.05, 3.63) is 0 Å². The van der Waals surface area contributed by atoms with E-state index in [0.29, 0.717) is 12.5 Å². The van der Waals surface area contributed by atoms with Gasteiger partial charge in [0.05, 0.1) is 0 Å². The SMILES string of the molecule is CCN(CC(C)(C)CN)C(=O)C1CCC2CCCCC2C1. The second-order valence-electron chi connectivity index (χ2n) is 8.04. The van der Waals surface area contributed by atoms with Crippen LogP contribution in [-0.4, -0.2) is 30.4 Å². The van der Waals surface area contributed by atoms with E-state index in [0.717, 1.165) is 37.8 Å². The molecule has 1 amide bonds. The summed E-state index contributed by atoms with van der Waals surface area (Å²) in [5.41, 5.74) is 5.86. The van der Waals surface area contributed by atoms with Gasteiger partial charge in [0.15, 0.2) is 0 Å². The van der Waals surface area contributed by atoms with Crippen LogP contribution in [0, 0.1) is 23.2 Å². The molecular formula is C18H34N2O. The lowest BCUT2D eigenvalue weighted by Gasteiger charge is -2.41. The van der Waals surface area contributed by atoms with Gasteiger partial charge in [-0.2, -0.15) is 0 Å². The molecule has 0 aromatic carbocycles. The first-order valence-corrected chi connectivity index (χ1v) is 8.95. The van der Waals surface area contributed by atoms with Gasteiger partial charge < -0.3 is 10.6 Å². The zero-order valence-electron chi connectivity index (χ0n) is 14.2. The van der Waals surface area contributed by atoms with Crippen LogP contribution in [0.3, 0.4) is 0 Å². The number of nitrogens with zero attached hydrogens (tertiary/aromatic N) is 1. The molecule has 0 aromatic heterocycles. The summed E-state index contributed by atoms with van der Waals surface area (Å²) >= 11 is 0. The molecule has 3 atom stereocenters. The Morgan fingerprint density at radius 1 is 1.14 bits per heavy atom. The maximum absolute atomic E-state index is 12.9. The normalized spacial score (nSPS) is 29.8. The molecule has 2 aliphatic carbocycles. The highest BCUT2D eigenvalue weighted by Crippen LogP contribution is 2.43. The smallest absolute Gasteiger partial charge is 0.225 e. The molecule has 2 fully saturated rings. The van der Waals surface area contributed by atoms with Crippen LogP contribution >= 0.6 is 0 Å². The van der Waals surface area contributed by atoms with Crippen molar-refractivity contribution in [2.24, 2.45) is 28.9 Å². The highest BCUT2D eigenvalue weighted by Gasteiger charge is 2.37. The fraction of sp³-hybridized carbons (Fsp3) is 0.944. The van der Waals surface area contributed by atoms with Gasteiger partial charge in [0, 0.05) is 19.0 Å². The van der Waals surface area contributed by atoms with Gasteiger partial charge >= 0.3 is 0 Å². The Bertz CT molecular complexity index is 353. The van der Waals surface area contributed by atoms with Crippen molar-refractivity contribution in [1.29, 1.82) is 0 Å². The Labute approximate surface area is 130 Å². The number of rotatable bonds is 5. The molecule has 3 nitrogen and oxygen atoms in total. The van der Waals surface area contributed by atoms with E-state index in [1.165, 1.54) is 32.1 Å². The number of carbonyl (C=O) groups is 1. The van der Waals surface area contributed by atoms with Crippen molar-refractivity contribution in [3.63, 3.8) is 0 Å². The fourth-order valence-electron chi connectivity index (χ4n) is 4.28. The van der Waals surface area contributed by atoms with Crippen LogP contribution in [0.2, 0.25) is 0 Å². The molecule has 2 N–H and O–H groups in total. The van der Waals surface area contributed by atoms with Crippen molar-refractivity contribution in [2.45, 2.75) is 65.7 Å². The summed E-state index contributed by atoms with van der Waals surface area (Å²) in [7, 11) is 0. The summed E-state index contributed by atoms with van der Waals surface area (Å²) in [6.45, 7) is 8.64. The van der Waals surface area contributed by atoms with E-state index in [-0.39, 0.29) is 11.3 Å². The highest BCUT2D eigenvalue weighted by molar-refractivity contribution is 5.79. The Kier molecular flexibility index (Phi) is 5.70. The van der Waals surface area contributed by atoms with Crippen molar-refractivity contribution >= 4 is 5.91 Å². The molecule has 2 saturated carbocycles. The van der Waals surface area contributed by atoms with Crippen molar-refractivity contribution < 1.29 is 4.79 Å². The lowest BCUT2D eigenvalue weighted by atomic mass is 9.67. The molecule has 122 valence electrons. The standard InChI is InChI=1S/C18H34N2O/c1-4-20(13-18(2,3)12-19)17(21)16-10-9-14-7-5-6-8-15(14)11-16/h14-16H,4-13,19H2,1-3H3. The molecule has 0 bridgehead atoms. The Balaban J connectivity index is 1.94. The first-order valence-electron chi connectivity index (χ1n) is 8.95. The topological polar surface area (TPSA) is 46.3 Å². The lowest BCUT2D eigenvalue weighted by molar-refractivity contribution is -0.139. The van der Waals surface area contributed by atoms with Crippen LogP contribution in [0.4, 0.5) is 0 Å². The molecule has 0 spiro atoms. The van der Waals surface area contributed by atoms with Gasteiger partial charge in [-0.15, -0.1) is 0 Å². The molecule has 0 aromatic rings. The van der Waals surface area contributed by atoms with Crippen molar-refractivity contribution in [2.75, 3.05) is 19.6 Å². The Hall–Kier alpha value is -0.570. The molecule has 0 aliphatic heterocycles. The number of hydrogen-bond acceptors (Lipinski definition) is 2. The van der Waals surface area contributed by atoms with E-state index < -0.39 is 0 Å². The number of amides is 1. The van der Waals surface area contributed by atoms with Crippen LogP contribution in [-0.2, 0) is 4.79 Å². The summed E-state index contributed by atoms with van der Waals surface area (Å²) in [6.07, 6.45) is 9.07. The van der Waals surface area contributed by atoms with Crippen LogP contribution in [0.5, 0.6) is 0 Å². The maximum atomic E-state index is 12.9. The van der Waals surface area contributed by atoms with E-state index >= 15 is 0 Å². The predicted octanol–water partition coefficient (Wildman–Crippen LogP) is 3.43. The minimum atomic E-state index is 0.0215. The monoisotopic (exact) mass is 294 g/mol. The van der Waals surface area contributed by atoms with E-state index in [4.69, 9.17) is 5.73 Å². The third kappa shape index (κ3) is 4.21. The van der Waals surface area contributed by atoms with Gasteiger partial charge in [-0.05, 0) is 50.0 Å². The molecule has 0 radical (unpaired) electrons. The van der Waals surface area contributed by atoms with Crippen LogP contribution in [0.25, 0.3) is 0 Å². The highest BCUT2D eigenvalue weighted by atomic mass is 16.2. The van der Waals surface area contributed by atoms with Crippen LogP contribution in [0.15, 0.2) is 0 Å². The van der Waals surface area contributed by atoms with Gasteiger partial charge in [0.2, 0.25) is 5.91 Å². The molecule has 0 saturated heterocycles.